The Bertz CT molecular complexity index is 643. The number of hydrogen-bond acceptors (Lipinski definition) is 5. The first-order valence-electron chi connectivity index (χ1n) is 8.36. The van der Waals surface area contributed by atoms with Gasteiger partial charge in [-0.15, -0.1) is 0 Å². The van der Waals surface area contributed by atoms with E-state index in [1.807, 2.05) is 13.8 Å². The molecule has 126 valence electrons. The Kier molecular flexibility index (Phi) is 6.03. The second-order valence-electron chi connectivity index (χ2n) is 6.09. The highest BCUT2D eigenvalue weighted by Gasteiger charge is 2.32. The maximum absolute atomic E-state index is 13.0. The Morgan fingerprint density at radius 1 is 1.25 bits per heavy atom. The lowest BCUT2D eigenvalue weighted by atomic mass is 9.97. The minimum Gasteiger partial charge on any atom is -0.373 e. The number of carbonyl (C=O) groups excluding carboxylic acids is 1. The van der Waals surface area contributed by atoms with Crippen molar-refractivity contribution in [1.29, 1.82) is 10.5 Å². The molecule has 1 aromatic carbocycles. The Hall–Kier alpha value is -2.73. The van der Waals surface area contributed by atoms with Crippen molar-refractivity contribution in [3.8, 4) is 12.3 Å². The van der Waals surface area contributed by atoms with Gasteiger partial charge in [-0.1, -0.05) is 20.3 Å². The van der Waals surface area contributed by atoms with Crippen LogP contribution < -0.4 is 5.32 Å². The van der Waals surface area contributed by atoms with E-state index in [1.165, 1.54) is 5.01 Å². The van der Waals surface area contributed by atoms with Crippen molar-refractivity contribution >= 4 is 11.6 Å². The molecule has 1 aliphatic rings. The predicted octanol–water partition coefficient (Wildman–Crippen LogP) is 2.71. The van der Waals surface area contributed by atoms with Crippen LogP contribution in [0, 0.1) is 28.7 Å². The van der Waals surface area contributed by atoms with Gasteiger partial charge in [0.15, 0.2) is 6.19 Å². The molecule has 1 fully saturated rings. The number of hydrogen-bond donors (Lipinski definition) is 1. The third-order valence-electron chi connectivity index (χ3n) is 4.47. The summed E-state index contributed by atoms with van der Waals surface area (Å²) in [5.74, 6) is 0.0468. The molecule has 2 rings (SSSR count). The molecule has 6 heteroatoms. The minimum absolute atomic E-state index is 0.0741. The van der Waals surface area contributed by atoms with Gasteiger partial charge >= 0.3 is 0 Å². The van der Waals surface area contributed by atoms with Crippen molar-refractivity contribution in [1.82, 2.24) is 10.0 Å². The van der Waals surface area contributed by atoms with E-state index in [0.29, 0.717) is 18.7 Å². The summed E-state index contributed by atoms with van der Waals surface area (Å²) < 4.78 is 0. The lowest BCUT2D eigenvalue weighted by molar-refractivity contribution is -0.148. The second kappa shape index (κ2) is 8.21. The molecule has 0 radical (unpaired) electrons. The van der Waals surface area contributed by atoms with Crippen LogP contribution in [0.1, 0.15) is 38.7 Å². The van der Waals surface area contributed by atoms with Crippen molar-refractivity contribution in [2.75, 3.05) is 18.4 Å². The SMILES string of the molecule is CCC(C)C(Nc1ccc(C#N)cc1)C(=O)N1CCCCN1C#N. The molecule has 2 unspecified atom stereocenters. The van der Waals surface area contributed by atoms with Gasteiger partial charge in [-0.2, -0.15) is 10.5 Å². The third-order valence-corrected chi connectivity index (χ3v) is 4.47. The standard InChI is InChI=1S/C18H23N5O/c1-3-14(2)17(21-16-8-6-15(12-19)7-9-16)18(24)23-11-5-4-10-22(23)13-20/h6-9,14,17,21H,3-5,10-11H2,1-2H3. The normalized spacial score (nSPS) is 16.7. The summed E-state index contributed by atoms with van der Waals surface area (Å²) in [5.41, 5.74) is 1.38. The number of rotatable bonds is 5. The van der Waals surface area contributed by atoms with E-state index in [0.717, 1.165) is 24.9 Å². The van der Waals surface area contributed by atoms with Crippen LogP contribution in [0.15, 0.2) is 24.3 Å². The van der Waals surface area contributed by atoms with Crippen LogP contribution >= 0.6 is 0 Å². The van der Waals surface area contributed by atoms with Crippen molar-refractivity contribution in [2.45, 2.75) is 39.2 Å². The molecule has 1 heterocycles. The fraction of sp³-hybridized carbons (Fsp3) is 0.500. The van der Waals surface area contributed by atoms with E-state index in [1.54, 1.807) is 29.3 Å². The van der Waals surface area contributed by atoms with Crippen molar-refractivity contribution in [2.24, 2.45) is 5.92 Å². The molecule has 1 saturated heterocycles. The highest BCUT2D eigenvalue weighted by atomic mass is 16.2. The number of hydrazine groups is 1. The monoisotopic (exact) mass is 325 g/mol. The highest BCUT2D eigenvalue weighted by molar-refractivity contribution is 5.85. The van der Waals surface area contributed by atoms with E-state index < -0.39 is 6.04 Å². The van der Waals surface area contributed by atoms with E-state index in [2.05, 4.69) is 17.6 Å². The van der Waals surface area contributed by atoms with Crippen LogP contribution in [0.4, 0.5) is 5.69 Å². The number of carbonyl (C=O) groups is 1. The molecule has 1 amide bonds. The molecule has 24 heavy (non-hydrogen) atoms. The summed E-state index contributed by atoms with van der Waals surface area (Å²) in [6, 6.07) is 8.74. The molecule has 1 N–H and O–H groups in total. The quantitative estimate of drug-likeness (QED) is 0.842. The van der Waals surface area contributed by atoms with Gasteiger partial charge in [0.2, 0.25) is 0 Å². The van der Waals surface area contributed by atoms with Crippen LogP contribution in [-0.4, -0.2) is 35.1 Å². The number of nitrogens with zero attached hydrogens (tertiary/aromatic N) is 4. The maximum atomic E-state index is 13.0. The topological polar surface area (TPSA) is 83.2 Å². The Morgan fingerprint density at radius 3 is 2.50 bits per heavy atom. The Balaban J connectivity index is 2.19. The van der Waals surface area contributed by atoms with Crippen LogP contribution in [-0.2, 0) is 4.79 Å². The number of anilines is 1. The Morgan fingerprint density at radius 2 is 1.92 bits per heavy atom. The zero-order valence-corrected chi connectivity index (χ0v) is 14.2. The van der Waals surface area contributed by atoms with Crippen LogP contribution in [0.5, 0.6) is 0 Å². The van der Waals surface area contributed by atoms with Gasteiger partial charge in [0.25, 0.3) is 5.91 Å². The summed E-state index contributed by atoms with van der Waals surface area (Å²) in [6.07, 6.45) is 4.78. The van der Waals surface area contributed by atoms with E-state index in [-0.39, 0.29) is 11.8 Å². The van der Waals surface area contributed by atoms with Crippen molar-refractivity contribution in [3.05, 3.63) is 29.8 Å². The average molecular weight is 325 g/mol. The maximum Gasteiger partial charge on any atom is 0.264 e. The first-order chi connectivity index (χ1) is 11.6. The second-order valence-corrected chi connectivity index (χ2v) is 6.09. The van der Waals surface area contributed by atoms with Gasteiger partial charge in [0.05, 0.1) is 18.2 Å². The fourth-order valence-corrected chi connectivity index (χ4v) is 2.76. The van der Waals surface area contributed by atoms with Crippen LogP contribution in [0.2, 0.25) is 0 Å². The van der Waals surface area contributed by atoms with Crippen molar-refractivity contribution in [3.63, 3.8) is 0 Å². The van der Waals surface area contributed by atoms with E-state index in [4.69, 9.17) is 5.26 Å². The number of nitrogens with one attached hydrogen (secondary N) is 1. The molecular formula is C18H23N5O. The zero-order chi connectivity index (χ0) is 17.5. The first-order valence-corrected chi connectivity index (χ1v) is 8.36. The van der Waals surface area contributed by atoms with Gasteiger partial charge in [-0.05, 0) is 43.0 Å². The largest absolute Gasteiger partial charge is 0.373 e. The Labute approximate surface area is 143 Å². The van der Waals surface area contributed by atoms with Crippen LogP contribution in [0.25, 0.3) is 0 Å². The lowest BCUT2D eigenvalue weighted by Crippen LogP contribution is -2.54. The van der Waals surface area contributed by atoms with Gasteiger partial charge < -0.3 is 5.32 Å². The highest BCUT2D eigenvalue weighted by Crippen LogP contribution is 2.20. The smallest absolute Gasteiger partial charge is 0.264 e. The summed E-state index contributed by atoms with van der Waals surface area (Å²) in [6.45, 7) is 5.24. The molecular weight excluding hydrogens is 302 g/mol. The number of amides is 1. The fourth-order valence-electron chi connectivity index (χ4n) is 2.76. The molecule has 0 saturated carbocycles. The lowest BCUT2D eigenvalue weighted by Gasteiger charge is -2.38. The third kappa shape index (κ3) is 3.97. The van der Waals surface area contributed by atoms with Gasteiger partial charge in [-0.3, -0.25) is 4.79 Å². The molecule has 2 atom stereocenters. The van der Waals surface area contributed by atoms with E-state index in [9.17, 15) is 10.1 Å². The summed E-state index contributed by atoms with van der Waals surface area (Å²) >= 11 is 0. The van der Waals surface area contributed by atoms with E-state index >= 15 is 0 Å². The zero-order valence-electron chi connectivity index (χ0n) is 14.2. The number of benzene rings is 1. The molecule has 1 aromatic rings. The summed E-state index contributed by atoms with van der Waals surface area (Å²) in [7, 11) is 0. The van der Waals surface area contributed by atoms with Crippen LogP contribution in [0.3, 0.4) is 0 Å². The van der Waals surface area contributed by atoms with Crippen molar-refractivity contribution < 1.29 is 4.79 Å². The van der Waals surface area contributed by atoms with Gasteiger partial charge in [0.1, 0.15) is 6.04 Å². The number of nitriles is 2. The van der Waals surface area contributed by atoms with Gasteiger partial charge in [-0.25, -0.2) is 10.0 Å². The first kappa shape index (κ1) is 17.6. The molecule has 1 aliphatic heterocycles. The minimum atomic E-state index is -0.406. The average Bonchev–Trinajstić information content (AvgIpc) is 2.65. The predicted molar refractivity (Wildman–Crippen MR) is 91.3 cm³/mol. The molecule has 0 aliphatic carbocycles. The molecule has 0 aromatic heterocycles. The summed E-state index contributed by atoms with van der Waals surface area (Å²) in [4.78, 5) is 13.0. The molecule has 6 nitrogen and oxygen atoms in total. The molecule has 0 spiro atoms. The molecule has 0 bridgehead atoms. The van der Waals surface area contributed by atoms with Gasteiger partial charge in [0, 0.05) is 12.2 Å². The summed E-state index contributed by atoms with van der Waals surface area (Å²) in [5, 5.41) is 24.5.